The third-order valence-corrected chi connectivity index (χ3v) is 2.91. The highest BCUT2D eigenvalue weighted by Gasteiger charge is 2.12. The number of anilines is 1. The lowest BCUT2D eigenvalue weighted by molar-refractivity contribution is 0.613. The van der Waals surface area contributed by atoms with Gasteiger partial charge in [-0.2, -0.15) is 4.98 Å². The Bertz CT molecular complexity index is 560. The van der Waals surface area contributed by atoms with Crippen LogP contribution < -0.4 is 5.32 Å². The zero-order valence-electron chi connectivity index (χ0n) is 10.1. The van der Waals surface area contributed by atoms with E-state index in [0.717, 1.165) is 17.3 Å². The van der Waals surface area contributed by atoms with Crippen molar-refractivity contribution in [2.45, 2.75) is 19.9 Å². The predicted molar refractivity (Wildman–Crippen MR) is 70.2 cm³/mol. The third-order valence-electron chi connectivity index (χ3n) is 2.72. The fourth-order valence-corrected chi connectivity index (χ4v) is 1.94. The van der Waals surface area contributed by atoms with E-state index in [4.69, 9.17) is 11.6 Å². The normalized spacial score (nSPS) is 12.2. The minimum atomic E-state index is -0.514. The van der Waals surface area contributed by atoms with Crippen molar-refractivity contribution in [3.63, 3.8) is 0 Å². The Morgan fingerprint density at radius 1 is 1.33 bits per heavy atom. The second kappa shape index (κ2) is 5.31. The lowest BCUT2D eigenvalue weighted by Crippen LogP contribution is -2.11. The zero-order valence-corrected chi connectivity index (χ0v) is 10.9. The van der Waals surface area contributed by atoms with Gasteiger partial charge in [0.15, 0.2) is 11.6 Å². The van der Waals surface area contributed by atoms with Crippen molar-refractivity contribution >= 4 is 17.4 Å². The van der Waals surface area contributed by atoms with Gasteiger partial charge in [0.1, 0.15) is 0 Å². The SMILES string of the molecule is Cc1ccccc1C(C)Nc1nc(Cl)ncc1F. The molecule has 0 saturated heterocycles. The van der Waals surface area contributed by atoms with Gasteiger partial charge in [0, 0.05) is 0 Å². The van der Waals surface area contributed by atoms with Crippen LogP contribution in [-0.2, 0) is 0 Å². The summed E-state index contributed by atoms with van der Waals surface area (Å²) in [5, 5.41) is 3.02. The molecule has 0 radical (unpaired) electrons. The van der Waals surface area contributed by atoms with E-state index in [1.807, 2.05) is 38.1 Å². The molecule has 1 heterocycles. The van der Waals surface area contributed by atoms with Crippen molar-refractivity contribution < 1.29 is 4.39 Å². The fraction of sp³-hybridized carbons (Fsp3) is 0.231. The Morgan fingerprint density at radius 3 is 2.78 bits per heavy atom. The maximum Gasteiger partial charge on any atom is 0.224 e. The van der Waals surface area contributed by atoms with Crippen molar-refractivity contribution in [1.82, 2.24) is 9.97 Å². The molecule has 0 amide bonds. The van der Waals surface area contributed by atoms with E-state index >= 15 is 0 Å². The number of halogens is 2. The summed E-state index contributed by atoms with van der Waals surface area (Å²) in [4.78, 5) is 7.41. The van der Waals surface area contributed by atoms with Gasteiger partial charge < -0.3 is 5.32 Å². The van der Waals surface area contributed by atoms with Gasteiger partial charge in [0.05, 0.1) is 12.2 Å². The quantitative estimate of drug-likeness (QED) is 0.859. The van der Waals surface area contributed by atoms with Crippen molar-refractivity contribution in [1.29, 1.82) is 0 Å². The summed E-state index contributed by atoms with van der Waals surface area (Å²) in [7, 11) is 0. The molecule has 2 aromatic rings. The Labute approximate surface area is 110 Å². The highest BCUT2D eigenvalue weighted by Crippen LogP contribution is 2.22. The summed E-state index contributed by atoms with van der Waals surface area (Å²) in [6.45, 7) is 3.95. The minimum Gasteiger partial charge on any atom is -0.361 e. The van der Waals surface area contributed by atoms with E-state index in [0.29, 0.717) is 0 Å². The molecule has 18 heavy (non-hydrogen) atoms. The molecule has 0 aliphatic heterocycles. The number of benzene rings is 1. The molecule has 1 aromatic carbocycles. The lowest BCUT2D eigenvalue weighted by atomic mass is 10.0. The van der Waals surface area contributed by atoms with Gasteiger partial charge in [-0.05, 0) is 36.6 Å². The maximum atomic E-state index is 13.5. The van der Waals surface area contributed by atoms with E-state index in [2.05, 4.69) is 15.3 Å². The summed E-state index contributed by atoms with van der Waals surface area (Å²) in [5.74, 6) is -0.398. The first-order valence-corrected chi connectivity index (χ1v) is 5.96. The third kappa shape index (κ3) is 2.76. The van der Waals surface area contributed by atoms with Gasteiger partial charge >= 0.3 is 0 Å². The molecule has 0 fully saturated rings. The summed E-state index contributed by atoms with van der Waals surface area (Å²) in [6.07, 6.45) is 1.06. The van der Waals surface area contributed by atoms with E-state index in [1.165, 1.54) is 0 Å². The lowest BCUT2D eigenvalue weighted by Gasteiger charge is -2.17. The monoisotopic (exact) mass is 265 g/mol. The smallest absolute Gasteiger partial charge is 0.224 e. The van der Waals surface area contributed by atoms with Crippen molar-refractivity contribution in [2.75, 3.05) is 5.32 Å². The largest absolute Gasteiger partial charge is 0.361 e. The van der Waals surface area contributed by atoms with Crippen molar-refractivity contribution in [3.05, 3.63) is 52.7 Å². The Balaban J connectivity index is 2.24. The predicted octanol–water partition coefficient (Wildman–Crippen LogP) is 3.75. The molecule has 3 nitrogen and oxygen atoms in total. The molecule has 0 saturated carbocycles. The van der Waals surface area contributed by atoms with Crippen LogP contribution in [0.4, 0.5) is 10.2 Å². The molecule has 1 N–H and O–H groups in total. The van der Waals surface area contributed by atoms with Crippen LogP contribution in [0.2, 0.25) is 5.28 Å². The van der Waals surface area contributed by atoms with Crippen LogP contribution in [0.15, 0.2) is 30.5 Å². The molecule has 94 valence electrons. The summed E-state index contributed by atoms with van der Waals surface area (Å²) >= 11 is 5.65. The van der Waals surface area contributed by atoms with Gasteiger partial charge in [-0.25, -0.2) is 9.37 Å². The van der Waals surface area contributed by atoms with Crippen LogP contribution >= 0.6 is 11.6 Å². The standard InChI is InChI=1S/C13H13ClFN3/c1-8-5-3-4-6-10(8)9(2)17-12-11(15)7-16-13(14)18-12/h3-7,9H,1-2H3,(H,16,17,18). The van der Waals surface area contributed by atoms with Gasteiger partial charge in [-0.3, -0.25) is 0 Å². The average Bonchev–Trinajstić information content (AvgIpc) is 2.34. The first-order valence-electron chi connectivity index (χ1n) is 5.58. The van der Waals surface area contributed by atoms with E-state index < -0.39 is 5.82 Å². The second-order valence-corrected chi connectivity index (χ2v) is 4.40. The van der Waals surface area contributed by atoms with Gasteiger partial charge in [0.2, 0.25) is 5.28 Å². The summed E-state index contributed by atoms with van der Waals surface area (Å²) in [5.41, 5.74) is 2.23. The van der Waals surface area contributed by atoms with Crippen LogP contribution in [0, 0.1) is 12.7 Å². The Hall–Kier alpha value is -1.68. The second-order valence-electron chi connectivity index (χ2n) is 4.06. The van der Waals surface area contributed by atoms with Crippen LogP contribution in [0.1, 0.15) is 24.1 Å². The number of aromatic nitrogens is 2. The topological polar surface area (TPSA) is 37.8 Å². The number of hydrogen-bond donors (Lipinski definition) is 1. The molecule has 1 atom stereocenters. The highest BCUT2D eigenvalue weighted by atomic mass is 35.5. The molecule has 0 aliphatic rings. The molecule has 1 aromatic heterocycles. The number of aryl methyl sites for hydroxylation is 1. The van der Waals surface area contributed by atoms with Crippen LogP contribution in [0.25, 0.3) is 0 Å². The molecule has 2 rings (SSSR count). The van der Waals surface area contributed by atoms with E-state index in [1.54, 1.807) is 0 Å². The van der Waals surface area contributed by atoms with Crippen LogP contribution in [0.5, 0.6) is 0 Å². The van der Waals surface area contributed by atoms with Gasteiger partial charge in [-0.15, -0.1) is 0 Å². The molecular formula is C13H13ClFN3. The number of rotatable bonds is 3. The van der Waals surface area contributed by atoms with Crippen LogP contribution in [-0.4, -0.2) is 9.97 Å². The highest BCUT2D eigenvalue weighted by molar-refractivity contribution is 6.28. The molecular weight excluding hydrogens is 253 g/mol. The minimum absolute atomic E-state index is 0.0240. The van der Waals surface area contributed by atoms with E-state index in [-0.39, 0.29) is 17.1 Å². The number of nitrogens with one attached hydrogen (secondary N) is 1. The van der Waals surface area contributed by atoms with Gasteiger partial charge in [-0.1, -0.05) is 24.3 Å². The molecule has 0 bridgehead atoms. The van der Waals surface area contributed by atoms with Gasteiger partial charge in [0.25, 0.3) is 0 Å². The maximum absolute atomic E-state index is 13.5. The number of hydrogen-bond acceptors (Lipinski definition) is 3. The zero-order chi connectivity index (χ0) is 13.1. The van der Waals surface area contributed by atoms with E-state index in [9.17, 15) is 4.39 Å². The van der Waals surface area contributed by atoms with Crippen molar-refractivity contribution in [3.8, 4) is 0 Å². The fourth-order valence-electron chi connectivity index (χ4n) is 1.80. The Morgan fingerprint density at radius 2 is 2.06 bits per heavy atom. The van der Waals surface area contributed by atoms with Crippen molar-refractivity contribution in [2.24, 2.45) is 0 Å². The number of nitrogens with zero attached hydrogens (tertiary/aromatic N) is 2. The first kappa shape index (κ1) is 12.8. The average molecular weight is 266 g/mol. The van der Waals surface area contributed by atoms with Crippen LogP contribution in [0.3, 0.4) is 0 Å². The molecule has 5 heteroatoms. The summed E-state index contributed by atoms with van der Waals surface area (Å²) in [6, 6.07) is 7.86. The molecule has 0 aliphatic carbocycles. The summed E-state index contributed by atoms with van der Waals surface area (Å²) < 4.78 is 13.5. The Kier molecular flexibility index (Phi) is 3.77. The molecule has 1 unspecified atom stereocenters. The first-order chi connectivity index (χ1) is 8.58. The molecule has 0 spiro atoms.